The second-order valence-electron chi connectivity index (χ2n) is 3.00. The first-order chi connectivity index (χ1) is 6.25. The third kappa shape index (κ3) is 1.56. The van der Waals surface area contributed by atoms with Gasteiger partial charge in [-0.25, -0.2) is 4.79 Å². The fourth-order valence-electron chi connectivity index (χ4n) is 1.40. The fourth-order valence-corrected chi connectivity index (χ4v) is 1.40. The van der Waals surface area contributed by atoms with Crippen LogP contribution in [0, 0.1) is 0 Å². The van der Waals surface area contributed by atoms with Gasteiger partial charge in [0.05, 0.1) is 6.04 Å². The largest absolute Gasteiger partial charge is 0.508 e. The molecule has 1 aliphatic heterocycles. The lowest BCUT2D eigenvalue weighted by Crippen LogP contribution is -2.21. The summed E-state index contributed by atoms with van der Waals surface area (Å²) in [6.45, 7) is 0.572. The van der Waals surface area contributed by atoms with Crippen molar-refractivity contribution in [3.63, 3.8) is 0 Å². The number of nitrogens with one attached hydrogen (secondary N) is 2. The van der Waals surface area contributed by atoms with Crippen LogP contribution in [0.25, 0.3) is 0 Å². The summed E-state index contributed by atoms with van der Waals surface area (Å²) >= 11 is 0. The van der Waals surface area contributed by atoms with E-state index in [1.165, 1.54) is 0 Å². The molecule has 0 spiro atoms. The quantitative estimate of drug-likeness (QED) is 0.594. The molecule has 0 saturated carbocycles. The normalized spacial score (nSPS) is 20.9. The molecule has 68 valence electrons. The van der Waals surface area contributed by atoms with Crippen molar-refractivity contribution in [2.75, 3.05) is 6.54 Å². The average molecular weight is 178 g/mol. The van der Waals surface area contributed by atoms with Crippen molar-refractivity contribution < 1.29 is 9.90 Å². The van der Waals surface area contributed by atoms with Gasteiger partial charge in [-0.3, -0.25) is 0 Å². The van der Waals surface area contributed by atoms with Crippen LogP contribution in [0.15, 0.2) is 24.3 Å². The Hall–Kier alpha value is -1.71. The van der Waals surface area contributed by atoms with Crippen LogP contribution in [0.5, 0.6) is 5.75 Å². The van der Waals surface area contributed by atoms with Crippen molar-refractivity contribution in [3.05, 3.63) is 29.8 Å². The number of urea groups is 1. The molecule has 4 nitrogen and oxygen atoms in total. The van der Waals surface area contributed by atoms with Crippen LogP contribution in [0.2, 0.25) is 0 Å². The summed E-state index contributed by atoms with van der Waals surface area (Å²) < 4.78 is 0. The standard InChI is InChI=1S/C9H10N2O2/c12-7-3-1-2-6(4-7)8-5-10-9(13)11-8/h1-4,8,12H,5H2,(H2,10,11,13). The third-order valence-corrected chi connectivity index (χ3v) is 2.04. The lowest BCUT2D eigenvalue weighted by molar-refractivity contribution is 0.247. The summed E-state index contributed by atoms with van der Waals surface area (Å²) in [5.41, 5.74) is 0.915. The topological polar surface area (TPSA) is 61.4 Å². The zero-order valence-corrected chi connectivity index (χ0v) is 6.95. The summed E-state index contributed by atoms with van der Waals surface area (Å²) in [6.07, 6.45) is 0. The number of phenolic OH excluding ortho intramolecular Hbond substituents is 1. The van der Waals surface area contributed by atoms with E-state index in [0.717, 1.165) is 5.56 Å². The Morgan fingerprint density at radius 3 is 2.92 bits per heavy atom. The SMILES string of the molecule is O=C1NCC(c2cccc(O)c2)N1. The molecular formula is C9H10N2O2. The van der Waals surface area contributed by atoms with Crippen LogP contribution in [0.3, 0.4) is 0 Å². The van der Waals surface area contributed by atoms with Gasteiger partial charge < -0.3 is 15.7 Å². The van der Waals surface area contributed by atoms with Crippen LogP contribution in [0.1, 0.15) is 11.6 Å². The highest BCUT2D eigenvalue weighted by atomic mass is 16.3. The van der Waals surface area contributed by atoms with E-state index in [-0.39, 0.29) is 17.8 Å². The predicted molar refractivity (Wildman–Crippen MR) is 47.4 cm³/mol. The number of rotatable bonds is 1. The molecule has 1 aromatic rings. The first kappa shape index (κ1) is 7.91. The van der Waals surface area contributed by atoms with Gasteiger partial charge in [-0.15, -0.1) is 0 Å². The number of carbonyl (C=O) groups excluding carboxylic acids is 1. The molecule has 0 aliphatic carbocycles. The minimum absolute atomic E-state index is 0.0281. The molecule has 1 saturated heterocycles. The molecule has 1 atom stereocenters. The third-order valence-electron chi connectivity index (χ3n) is 2.04. The van der Waals surface area contributed by atoms with Gasteiger partial charge in [0.25, 0.3) is 0 Å². The lowest BCUT2D eigenvalue weighted by Gasteiger charge is -2.08. The molecule has 1 fully saturated rings. The fraction of sp³-hybridized carbons (Fsp3) is 0.222. The molecule has 0 bridgehead atoms. The summed E-state index contributed by atoms with van der Waals surface area (Å²) in [7, 11) is 0. The van der Waals surface area contributed by atoms with Crippen LogP contribution >= 0.6 is 0 Å². The smallest absolute Gasteiger partial charge is 0.315 e. The van der Waals surface area contributed by atoms with Gasteiger partial charge in [-0.2, -0.15) is 0 Å². The van der Waals surface area contributed by atoms with Crippen molar-refractivity contribution in [2.45, 2.75) is 6.04 Å². The summed E-state index contributed by atoms with van der Waals surface area (Å²) in [5.74, 6) is 0.221. The zero-order valence-electron chi connectivity index (χ0n) is 6.95. The Morgan fingerprint density at radius 1 is 1.46 bits per heavy atom. The summed E-state index contributed by atoms with van der Waals surface area (Å²) in [6, 6.07) is 6.70. The lowest BCUT2D eigenvalue weighted by atomic mass is 10.1. The van der Waals surface area contributed by atoms with Crippen molar-refractivity contribution >= 4 is 6.03 Å². The van der Waals surface area contributed by atoms with Crippen LogP contribution < -0.4 is 10.6 Å². The second kappa shape index (κ2) is 2.97. The molecule has 0 aromatic heterocycles. The number of amides is 2. The Morgan fingerprint density at radius 2 is 2.31 bits per heavy atom. The highest BCUT2D eigenvalue weighted by Gasteiger charge is 2.21. The molecule has 1 aliphatic rings. The maximum absolute atomic E-state index is 10.8. The summed E-state index contributed by atoms with van der Waals surface area (Å²) in [5, 5.41) is 14.6. The zero-order chi connectivity index (χ0) is 9.26. The Balaban J connectivity index is 2.21. The van der Waals surface area contributed by atoms with E-state index >= 15 is 0 Å². The maximum atomic E-state index is 10.8. The van der Waals surface area contributed by atoms with Crippen molar-refractivity contribution in [1.29, 1.82) is 0 Å². The first-order valence-electron chi connectivity index (χ1n) is 4.09. The molecule has 3 N–H and O–H groups in total. The molecule has 1 aromatic carbocycles. The number of carbonyl (C=O) groups is 1. The van der Waals surface area contributed by atoms with E-state index < -0.39 is 0 Å². The summed E-state index contributed by atoms with van der Waals surface area (Å²) in [4.78, 5) is 10.8. The number of hydrogen-bond donors (Lipinski definition) is 3. The van der Waals surface area contributed by atoms with Gasteiger partial charge >= 0.3 is 6.03 Å². The van der Waals surface area contributed by atoms with Gasteiger partial charge in [0.1, 0.15) is 5.75 Å². The molecule has 1 heterocycles. The van der Waals surface area contributed by atoms with Crippen molar-refractivity contribution in [2.24, 2.45) is 0 Å². The monoisotopic (exact) mass is 178 g/mol. The average Bonchev–Trinajstić information content (AvgIpc) is 2.52. The Labute approximate surface area is 75.6 Å². The molecule has 0 radical (unpaired) electrons. The molecule has 4 heteroatoms. The molecule has 2 amide bonds. The van der Waals surface area contributed by atoms with E-state index in [4.69, 9.17) is 0 Å². The molecular weight excluding hydrogens is 168 g/mol. The Kier molecular flexibility index (Phi) is 1.81. The van der Waals surface area contributed by atoms with E-state index in [1.807, 2.05) is 6.07 Å². The number of hydrogen-bond acceptors (Lipinski definition) is 2. The van der Waals surface area contributed by atoms with Crippen LogP contribution in [0.4, 0.5) is 4.79 Å². The Bertz CT molecular complexity index is 338. The van der Waals surface area contributed by atoms with Crippen LogP contribution in [-0.4, -0.2) is 17.7 Å². The molecule has 2 rings (SSSR count). The molecule has 13 heavy (non-hydrogen) atoms. The van der Waals surface area contributed by atoms with Crippen molar-refractivity contribution in [1.82, 2.24) is 10.6 Å². The van der Waals surface area contributed by atoms with E-state index in [9.17, 15) is 9.90 Å². The highest BCUT2D eigenvalue weighted by Crippen LogP contribution is 2.19. The number of phenols is 1. The van der Waals surface area contributed by atoms with Gasteiger partial charge in [0.2, 0.25) is 0 Å². The second-order valence-corrected chi connectivity index (χ2v) is 3.00. The van der Waals surface area contributed by atoms with Crippen LogP contribution in [-0.2, 0) is 0 Å². The minimum atomic E-state index is -0.159. The van der Waals surface area contributed by atoms with Gasteiger partial charge in [-0.1, -0.05) is 12.1 Å². The predicted octanol–water partition coefficient (Wildman–Crippen LogP) is 0.746. The molecule has 1 unspecified atom stereocenters. The number of benzene rings is 1. The maximum Gasteiger partial charge on any atom is 0.315 e. The number of aromatic hydroxyl groups is 1. The van der Waals surface area contributed by atoms with E-state index in [2.05, 4.69) is 10.6 Å². The minimum Gasteiger partial charge on any atom is -0.508 e. The first-order valence-corrected chi connectivity index (χ1v) is 4.09. The van der Waals surface area contributed by atoms with E-state index in [0.29, 0.717) is 6.54 Å². The van der Waals surface area contributed by atoms with Gasteiger partial charge in [0, 0.05) is 6.54 Å². The van der Waals surface area contributed by atoms with Crippen molar-refractivity contribution in [3.8, 4) is 5.75 Å². The highest BCUT2D eigenvalue weighted by molar-refractivity contribution is 5.76. The van der Waals surface area contributed by atoms with Gasteiger partial charge in [0.15, 0.2) is 0 Å². The van der Waals surface area contributed by atoms with Gasteiger partial charge in [-0.05, 0) is 17.7 Å². The van der Waals surface area contributed by atoms with E-state index in [1.54, 1.807) is 18.2 Å².